The van der Waals surface area contributed by atoms with E-state index in [1.807, 2.05) is 6.92 Å². The van der Waals surface area contributed by atoms with Crippen LogP contribution in [-0.2, 0) is 14.8 Å². The van der Waals surface area contributed by atoms with Gasteiger partial charge in [-0.1, -0.05) is 24.3 Å². The van der Waals surface area contributed by atoms with E-state index in [1.165, 1.54) is 24.4 Å². The van der Waals surface area contributed by atoms with Gasteiger partial charge in [0, 0.05) is 23.2 Å². The Morgan fingerprint density at radius 1 is 1.03 bits per heavy atom. The molecule has 0 spiro atoms. The fourth-order valence-corrected chi connectivity index (χ4v) is 5.17. The van der Waals surface area contributed by atoms with Crippen LogP contribution < -0.4 is 14.4 Å². The molecule has 0 fully saturated rings. The normalized spacial score (nSPS) is 11.2. The fraction of sp³-hybridized carbons (Fsp3) is 0.120. The molecule has 1 aromatic heterocycles. The molecular formula is C25H22FN3O4S. The molecule has 4 rings (SSSR count). The Bertz CT molecular complexity index is 1420. The smallest absolute Gasteiger partial charge is 0.265 e. The van der Waals surface area contributed by atoms with Crippen molar-refractivity contribution in [1.82, 2.24) is 4.98 Å². The van der Waals surface area contributed by atoms with Gasteiger partial charge in [0.25, 0.3) is 10.0 Å². The standard InChI is InChI=1S/C25H22FN3O4S/c1-2-33-23-8-4-3-7-22(23)28-25(30)17-29(20-12-10-19(26)11-13-20)34(31,32)24-9-5-6-18-16-27-15-14-21(18)24/h3-16H,2,17H2,1H3,(H,28,30). The van der Waals surface area contributed by atoms with Crippen molar-refractivity contribution >= 4 is 38.1 Å². The number of nitrogens with zero attached hydrogens (tertiary/aromatic N) is 2. The van der Waals surface area contributed by atoms with E-state index in [0.29, 0.717) is 28.8 Å². The van der Waals surface area contributed by atoms with Crippen LogP contribution in [0.3, 0.4) is 0 Å². The molecule has 0 aliphatic heterocycles. The van der Waals surface area contributed by atoms with E-state index >= 15 is 0 Å². The van der Waals surface area contributed by atoms with E-state index < -0.39 is 28.3 Å². The number of sulfonamides is 1. The zero-order valence-corrected chi connectivity index (χ0v) is 19.1. The number of aromatic nitrogens is 1. The zero-order valence-electron chi connectivity index (χ0n) is 18.3. The third-order valence-corrected chi connectivity index (χ3v) is 6.90. The largest absolute Gasteiger partial charge is 0.492 e. The first-order valence-corrected chi connectivity index (χ1v) is 12.0. The number of hydrogen-bond donors (Lipinski definition) is 1. The number of carbonyl (C=O) groups excluding carboxylic acids is 1. The van der Waals surface area contributed by atoms with Gasteiger partial charge >= 0.3 is 0 Å². The highest BCUT2D eigenvalue weighted by molar-refractivity contribution is 7.93. The van der Waals surface area contributed by atoms with Gasteiger partial charge in [0.05, 0.1) is 22.9 Å². The lowest BCUT2D eigenvalue weighted by molar-refractivity contribution is -0.114. The quantitative estimate of drug-likeness (QED) is 0.399. The number of hydrogen-bond acceptors (Lipinski definition) is 5. The summed E-state index contributed by atoms with van der Waals surface area (Å²) < 4.78 is 47.7. The minimum absolute atomic E-state index is 0.0132. The molecule has 0 saturated heterocycles. The van der Waals surface area contributed by atoms with Gasteiger partial charge in [-0.25, -0.2) is 12.8 Å². The van der Waals surface area contributed by atoms with E-state index in [1.54, 1.807) is 48.7 Å². The summed E-state index contributed by atoms with van der Waals surface area (Å²) in [6, 6.07) is 18.2. The van der Waals surface area contributed by atoms with Gasteiger partial charge in [-0.05, 0) is 55.5 Å². The predicted molar refractivity (Wildman–Crippen MR) is 129 cm³/mol. The molecule has 174 valence electrons. The zero-order chi connectivity index (χ0) is 24.1. The number of amides is 1. The summed E-state index contributed by atoms with van der Waals surface area (Å²) >= 11 is 0. The van der Waals surface area contributed by atoms with Crippen LogP contribution in [0.4, 0.5) is 15.8 Å². The van der Waals surface area contributed by atoms with Crippen molar-refractivity contribution in [2.45, 2.75) is 11.8 Å². The molecule has 1 heterocycles. The number of fused-ring (bicyclic) bond motifs is 1. The maximum atomic E-state index is 13.8. The number of nitrogens with one attached hydrogen (secondary N) is 1. The van der Waals surface area contributed by atoms with Crippen molar-refractivity contribution in [1.29, 1.82) is 0 Å². The Hall–Kier alpha value is -3.98. The molecule has 1 amide bonds. The lowest BCUT2D eigenvalue weighted by Crippen LogP contribution is -2.38. The second-order valence-electron chi connectivity index (χ2n) is 7.32. The average molecular weight is 480 g/mol. The van der Waals surface area contributed by atoms with Gasteiger partial charge in [-0.2, -0.15) is 0 Å². The van der Waals surface area contributed by atoms with E-state index in [4.69, 9.17) is 4.74 Å². The molecule has 0 atom stereocenters. The highest BCUT2D eigenvalue weighted by Crippen LogP contribution is 2.29. The van der Waals surface area contributed by atoms with E-state index in [-0.39, 0.29) is 10.6 Å². The summed E-state index contributed by atoms with van der Waals surface area (Å²) in [5, 5.41) is 3.81. The number of pyridine rings is 1. The molecular weight excluding hydrogens is 457 g/mol. The third kappa shape index (κ3) is 4.84. The van der Waals surface area contributed by atoms with Crippen molar-refractivity contribution in [3.05, 3.63) is 91.0 Å². The van der Waals surface area contributed by atoms with Crippen LogP contribution in [-0.4, -0.2) is 32.5 Å². The molecule has 0 saturated carbocycles. The Labute approximate surface area is 196 Å². The maximum Gasteiger partial charge on any atom is 0.265 e. The Morgan fingerprint density at radius 2 is 1.79 bits per heavy atom. The number of carbonyl (C=O) groups is 1. The molecule has 0 radical (unpaired) electrons. The first-order valence-electron chi connectivity index (χ1n) is 10.5. The molecule has 4 aromatic rings. The van der Waals surface area contributed by atoms with Gasteiger partial charge in [-0.15, -0.1) is 0 Å². The van der Waals surface area contributed by atoms with Crippen LogP contribution >= 0.6 is 0 Å². The minimum atomic E-state index is -4.21. The topological polar surface area (TPSA) is 88.6 Å². The van der Waals surface area contributed by atoms with Crippen molar-refractivity contribution in [3.8, 4) is 5.75 Å². The number of halogens is 1. The van der Waals surface area contributed by atoms with Crippen molar-refractivity contribution in [3.63, 3.8) is 0 Å². The van der Waals surface area contributed by atoms with Crippen LogP contribution in [0, 0.1) is 5.82 Å². The number of anilines is 2. The van der Waals surface area contributed by atoms with E-state index in [0.717, 1.165) is 16.4 Å². The maximum absolute atomic E-state index is 13.8. The third-order valence-electron chi connectivity index (χ3n) is 5.07. The molecule has 3 aromatic carbocycles. The molecule has 7 nitrogen and oxygen atoms in total. The molecule has 0 bridgehead atoms. The van der Waals surface area contributed by atoms with Crippen LogP contribution in [0.15, 0.2) is 90.1 Å². The monoisotopic (exact) mass is 479 g/mol. The molecule has 9 heteroatoms. The van der Waals surface area contributed by atoms with E-state index in [9.17, 15) is 17.6 Å². The summed E-state index contributed by atoms with van der Waals surface area (Å²) in [7, 11) is -4.21. The van der Waals surface area contributed by atoms with Gasteiger partial charge < -0.3 is 10.1 Å². The average Bonchev–Trinajstić information content (AvgIpc) is 2.84. The summed E-state index contributed by atoms with van der Waals surface area (Å²) in [5.74, 6) is -0.634. The SMILES string of the molecule is CCOc1ccccc1NC(=O)CN(c1ccc(F)cc1)S(=O)(=O)c1cccc2cnccc12. The molecule has 0 aliphatic carbocycles. The highest BCUT2D eigenvalue weighted by atomic mass is 32.2. The lowest BCUT2D eigenvalue weighted by atomic mass is 10.2. The second-order valence-corrected chi connectivity index (χ2v) is 9.15. The van der Waals surface area contributed by atoms with Gasteiger partial charge in [-0.3, -0.25) is 14.1 Å². The van der Waals surface area contributed by atoms with Crippen LogP contribution in [0.5, 0.6) is 5.75 Å². The van der Waals surface area contributed by atoms with Crippen LogP contribution in [0.1, 0.15) is 6.92 Å². The predicted octanol–water partition coefficient (Wildman–Crippen LogP) is 4.61. The highest BCUT2D eigenvalue weighted by Gasteiger charge is 2.29. The Kier molecular flexibility index (Phi) is 6.74. The number of para-hydroxylation sites is 2. The van der Waals surface area contributed by atoms with Crippen LogP contribution in [0.2, 0.25) is 0 Å². The van der Waals surface area contributed by atoms with E-state index in [2.05, 4.69) is 10.3 Å². The van der Waals surface area contributed by atoms with Crippen molar-refractivity contribution in [2.75, 3.05) is 22.8 Å². The summed E-state index contributed by atoms with van der Waals surface area (Å²) in [6.07, 6.45) is 3.06. The lowest BCUT2D eigenvalue weighted by Gasteiger charge is -2.25. The summed E-state index contributed by atoms with van der Waals surface area (Å²) in [5.41, 5.74) is 0.572. The van der Waals surface area contributed by atoms with Crippen LogP contribution in [0.25, 0.3) is 10.8 Å². The molecule has 1 N–H and O–H groups in total. The molecule has 0 unspecified atom stereocenters. The summed E-state index contributed by atoms with van der Waals surface area (Å²) in [4.78, 5) is 17.1. The van der Waals surface area contributed by atoms with Gasteiger partial charge in [0.2, 0.25) is 5.91 Å². The minimum Gasteiger partial charge on any atom is -0.492 e. The Balaban J connectivity index is 1.73. The Morgan fingerprint density at radius 3 is 2.56 bits per heavy atom. The van der Waals surface area contributed by atoms with Crippen molar-refractivity contribution < 1.29 is 22.3 Å². The number of benzene rings is 3. The van der Waals surface area contributed by atoms with Gasteiger partial charge in [0.15, 0.2) is 0 Å². The van der Waals surface area contributed by atoms with Crippen molar-refractivity contribution in [2.24, 2.45) is 0 Å². The first kappa shape index (κ1) is 23.2. The fourth-order valence-electron chi connectivity index (χ4n) is 3.53. The number of rotatable bonds is 8. The second kappa shape index (κ2) is 9.88. The van der Waals surface area contributed by atoms with Gasteiger partial charge in [0.1, 0.15) is 18.1 Å². The first-order chi connectivity index (χ1) is 16.4. The summed E-state index contributed by atoms with van der Waals surface area (Å²) in [6.45, 7) is 1.69. The molecule has 0 aliphatic rings. The molecule has 34 heavy (non-hydrogen) atoms. The number of ether oxygens (including phenoxy) is 1.